The molecule has 3 aliphatic rings. The molecule has 138 valence electrons. The standard InChI is InChI=1S/C20H30N2O3/c23-19(21-11-10-16-6-2-1-3-7-16)17-8-4-5-9-18(17)20(24)22-12-14-25-15-13-22/h4-6,17-18H,1-3,7-15H2,(H,21,23). The summed E-state index contributed by atoms with van der Waals surface area (Å²) in [6.07, 6.45) is 13.6. The number of hydrogen-bond acceptors (Lipinski definition) is 3. The van der Waals surface area contributed by atoms with Crippen molar-refractivity contribution in [3.8, 4) is 0 Å². The van der Waals surface area contributed by atoms with Crippen molar-refractivity contribution in [2.75, 3.05) is 32.8 Å². The fourth-order valence-electron chi connectivity index (χ4n) is 4.00. The number of ether oxygens (including phenoxy) is 1. The van der Waals surface area contributed by atoms with Gasteiger partial charge in [0.1, 0.15) is 0 Å². The maximum absolute atomic E-state index is 12.8. The largest absolute Gasteiger partial charge is 0.378 e. The number of amides is 2. The molecule has 5 heteroatoms. The first-order chi connectivity index (χ1) is 12.3. The van der Waals surface area contributed by atoms with Gasteiger partial charge in [-0.3, -0.25) is 9.59 Å². The van der Waals surface area contributed by atoms with Crippen molar-refractivity contribution < 1.29 is 14.3 Å². The first kappa shape index (κ1) is 18.2. The van der Waals surface area contributed by atoms with E-state index in [1.54, 1.807) is 0 Å². The monoisotopic (exact) mass is 346 g/mol. The Labute approximate surface area is 150 Å². The van der Waals surface area contributed by atoms with Gasteiger partial charge in [-0.05, 0) is 44.9 Å². The summed E-state index contributed by atoms with van der Waals surface area (Å²) in [5, 5.41) is 3.08. The van der Waals surface area contributed by atoms with Gasteiger partial charge in [0, 0.05) is 19.6 Å². The highest BCUT2D eigenvalue weighted by Crippen LogP contribution is 2.28. The van der Waals surface area contributed by atoms with Gasteiger partial charge in [0.05, 0.1) is 25.0 Å². The highest BCUT2D eigenvalue weighted by atomic mass is 16.5. The number of carbonyl (C=O) groups excluding carboxylic acids is 2. The maximum Gasteiger partial charge on any atom is 0.226 e. The highest BCUT2D eigenvalue weighted by molar-refractivity contribution is 5.88. The lowest BCUT2D eigenvalue weighted by atomic mass is 9.81. The molecule has 0 radical (unpaired) electrons. The van der Waals surface area contributed by atoms with E-state index >= 15 is 0 Å². The molecule has 1 fully saturated rings. The predicted octanol–water partition coefficient (Wildman–Crippen LogP) is 2.43. The Morgan fingerprint density at radius 1 is 1.12 bits per heavy atom. The lowest BCUT2D eigenvalue weighted by Crippen LogP contribution is -2.48. The van der Waals surface area contributed by atoms with Crippen LogP contribution in [0, 0.1) is 11.8 Å². The number of hydrogen-bond donors (Lipinski definition) is 1. The lowest BCUT2D eigenvalue weighted by Gasteiger charge is -2.34. The molecular formula is C20H30N2O3. The molecule has 0 bridgehead atoms. The van der Waals surface area contributed by atoms with Crippen LogP contribution in [0.5, 0.6) is 0 Å². The summed E-state index contributed by atoms with van der Waals surface area (Å²) in [6, 6.07) is 0. The molecule has 0 spiro atoms. The zero-order valence-corrected chi connectivity index (χ0v) is 15.0. The fraction of sp³-hybridized carbons (Fsp3) is 0.700. The minimum atomic E-state index is -0.235. The van der Waals surface area contributed by atoms with Crippen molar-refractivity contribution >= 4 is 11.8 Å². The molecule has 3 rings (SSSR count). The summed E-state index contributed by atoms with van der Waals surface area (Å²) in [7, 11) is 0. The summed E-state index contributed by atoms with van der Waals surface area (Å²) in [6.45, 7) is 3.16. The Hall–Kier alpha value is -1.62. The van der Waals surface area contributed by atoms with Gasteiger partial charge in [0.25, 0.3) is 0 Å². The Morgan fingerprint density at radius 2 is 1.88 bits per heavy atom. The molecule has 2 aliphatic carbocycles. The second kappa shape index (κ2) is 9.18. The Balaban J connectivity index is 1.52. The zero-order valence-electron chi connectivity index (χ0n) is 15.0. The molecule has 25 heavy (non-hydrogen) atoms. The maximum atomic E-state index is 12.8. The topological polar surface area (TPSA) is 58.6 Å². The molecule has 0 aromatic heterocycles. The predicted molar refractivity (Wildman–Crippen MR) is 96.9 cm³/mol. The van der Waals surface area contributed by atoms with Crippen LogP contribution in [-0.4, -0.2) is 49.6 Å². The first-order valence-electron chi connectivity index (χ1n) is 9.73. The van der Waals surface area contributed by atoms with Crippen LogP contribution in [0.4, 0.5) is 0 Å². The number of nitrogens with zero attached hydrogens (tertiary/aromatic N) is 1. The van der Waals surface area contributed by atoms with Crippen LogP contribution in [-0.2, 0) is 14.3 Å². The van der Waals surface area contributed by atoms with E-state index in [-0.39, 0.29) is 23.7 Å². The molecule has 0 aromatic carbocycles. The number of allylic oxidation sites excluding steroid dienone is 3. The third-order valence-electron chi connectivity index (χ3n) is 5.54. The van der Waals surface area contributed by atoms with Crippen molar-refractivity contribution in [3.63, 3.8) is 0 Å². The van der Waals surface area contributed by atoms with Crippen LogP contribution in [0.1, 0.15) is 44.9 Å². The van der Waals surface area contributed by atoms with Crippen molar-refractivity contribution in [1.82, 2.24) is 10.2 Å². The fourth-order valence-corrected chi connectivity index (χ4v) is 4.00. The molecule has 1 heterocycles. The molecule has 5 nitrogen and oxygen atoms in total. The van der Waals surface area contributed by atoms with Crippen LogP contribution in [0.3, 0.4) is 0 Å². The van der Waals surface area contributed by atoms with E-state index in [0.29, 0.717) is 45.7 Å². The Morgan fingerprint density at radius 3 is 2.60 bits per heavy atom. The van der Waals surface area contributed by atoms with Gasteiger partial charge in [0.15, 0.2) is 0 Å². The smallest absolute Gasteiger partial charge is 0.226 e. The number of rotatable bonds is 5. The van der Waals surface area contributed by atoms with Crippen molar-refractivity contribution in [2.45, 2.75) is 44.9 Å². The van der Waals surface area contributed by atoms with E-state index in [0.717, 1.165) is 6.42 Å². The summed E-state index contributed by atoms with van der Waals surface area (Å²) in [5.74, 6) is -0.312. The molecule has 2 unspecified atom stereocenters. The van der Waals surface area contributed by atoms with Gasteiger partial charge < -0.3 is 15.0 Å². The molecule has 1 aliphatic heterocycles. The highest BCUT2D eigenvalue weighted by Gasteiger charge is 2.36. The zero-order chi connectivity index (χ0) is 17.5. The van der Waals surface area contributed by atoms with E-state index in [9.17, 15) is 9.59 Å². The van der Waals surface area contributed by atoms with E-state index in [4.69, 9.17) is 4.74 Å². The van der Waals surface area contributed by atoms with E-state index in [1.165, 1.54) is 31.3 Å². The van der Waals surface area contributed by atoms with Gasteiger partial charge in [0.2, 0.25) is 11.8 Å². The van der Waals surface area contributed by atoms with Crippen LogP contribution in [0.2, 0.25) is 0 Å². The van der Waals surface area contributed by atoms with Crippen LogP contribution in [0.15, 0.2) is 23.8 Å². The number of carbonyl (C=O) groups is 2. The van der Waals surface area contributed by atoms with Crippen molar-refractivity contribution in [1.29, 1.82) is 0 Å². The Bertz CT molecular complexity index is 535. The normalized spacial score (nSPS) is 26.9. The van der Waals surface area contributed by atoms with Crippen LogP contribution >= 0.6 is 0 Å². The molecule has 2 atom stereocenters. The minimum Gasteiger partial charge on any atom is -0.378 e. The van der Waals surface area contributed by atoms with Crippen molar-refractivity contribution in [2.24, 2.45) is 11.8 Å². The third-order valence-corrected chi connectivity index (χ3v) is 5.54. The SMILES string of the molecule is O=C(NCCC1=CCCCC1)C1CC=CCC1C(=O)N1CCOCC1. The van der Waals surface area contributed by atoms with Gasteiger partial charge in [-0.2, -0.15) is 0 Å². The van der Waals surface area contributed by atoms with Crippen molar-refractivity contribution in [3.05, 3.63) is 23.8 Å². The third kappa shape index (κ3) is 4.94. The van der Waals surface area contributed by atoms with E-state index < -0.39 is 0 Å². The number of morpholine rings is 1. The molecular weight excluding hydrogens is 316 g/mol. The minimum absolute atomic E-state index is 0.0346. The van der Waals surface area contributed by atoms with Gasteiger partial charge in [-0.25, -0.2) is 0 Å². The Kier molecular flexibility index (Phi) is 6.68. The molecule has 0 aromatic rings. The van der Waals surface area contributed by atoms with Gasteiger partial charge in [-0.1, -0.05) is 23.8 Å². The second-order valence-corrected chi connectivity index (χ2v) is 7.24. The summed E-state index contributed by atoms with van der Waals surface area (Å²) in [5.41, 5.74) is 1.47. The summed E-state index contributed by atoms with van der Waals surface area (Å²) >= 11 is 0. The quantitative estimate of drug-likeness (QED) is 0.778. The number of nitrogens with one attached hydrogen (secondary N) is 1. The molecule has 0 saturated carbocycles. The van der Waals surface area contributed by atoms with E-state index in [2.05, 4.69) is 11.4 Å². The molecule has 1 N–H and O–H groups in total. The van der Waals surface area contributed by atoms with Gasteiger partial charge >= 0.3 is 0 Å². The summed E-state index contributed by atoms with van der Waals surface area (Å²) < 4.78 is 5.33. The van der Waals surface area contributed by atoms with Crippen LogP contribution < -0.4 is 5.32 Å². The van der Waals surface area contributed by atoms with E-state index in [1.807, 2.05) is 17.1 Å². The lowest BCUT2D eigenvalue weighted by molar-refractivity contribution is -0.145. The van der Waals surface area contributed by atoms with Crippen LogP contribution in [0.25, 0.3) is 0 Å². The van der Waals surface area contributed by atoms with Gasteiger partial charge in [-0.15, -0.1) is 0 Å². The average Bonchev–Trinajstić information content (AvgIpc) is 2.69. The molecule has 1 saturated heterocycles. The molecule has 2 amide bonds. The summed E-state index contributed by atoms with van der Waals surface area (Å²) in [4.78, 5) is 27.4. The first-order valence-corrected chi connectivity index (χ1v) is 9.73. The average molecular weight is 346 g/mol. The second-order valence-electron chi connectivity index (χ2n) is 7.24.